The minimum Gasteiger partial charge on any atom is -0.383 e. The number of nitrogens with two attached hydrogens (primary N) is 1. The first-order valence-corrected chi connectivity index (χ1v) is 6.35. The molecule has 2 N–H and O–H groups in total. The smallest absolute Gasteiger partial charge is 0.228 e. The van der Waals surface area contributed by atoms with Crippen molar-refractivity contribution in [1.29, 1.82) is 0 Å². The number of anilines is 2. The van der Waals surface area contributed by atoms with Gasteiger partial charge in [-0.25, -0.2) is 4.98 Å². The van der Waals surface area contributed by atoms with Gasteiger partial charge >= 0.3 is 0 Å². The zero-order valence-electron chi connectivity index (χ0n) is 10.0. The van der Waals surface area contributed by atoms with Crippen molar-refractivity contribution in [2.24, 2.45) is 0 Å². The predicted molar refractivity (Wildman–Crippen MR) is 75.4 cm³/mol. The van der Waals surface area contributed by atoms with Gasteiger partial charge in [-0.05, 0) is 28.1 Å². The minimum absolute atomic E-state index is 0.455. The van der Waals surface area contributed by atoms with Gasteiger partial charge < -0.3 is 10.6 Å². The summed E-state index contributed by atoms with van der Waals surface area (Å²) in [6.45, 7) is 0.785. The van der Waals surface area contributed by atoms with E-state index >= 15 is 0 Å². The molecule has 0 unspecified atom stereocenters. The average molecular weight is 308 g/mol. The van der Waals surface area contributed by atoms with E-state index in [0.717, 1.165) is 18.7 Å². The molecular weight excluding hydrogens is 294 g/mol. The molecule has 18 heavy (non-hydrogen) atoms. The zero-order chi connectivity index (χ0) is 13.0. The highest BCUT2D eigenvalue weighted by Crippen LogP contribution is 2.15. The molecule has 0 spiro atoms. The summed E-state index contributed by atoms with van der Waals surface area (Å²) >= 11 is 3.31. The Bertz CT molecular complexity index is 497. The van der Waals surface area contributed by atoms with Crippen LogP contribution in [0, 0.1) is 0 Å². The van der Waals surface area contributed by atoms with Gasteiger partial charge in [-0.2, -0.15) is 4.98 Å². The van der Waals surface area contributed by atoms with Crippen LogP contribution in [0.3, 0.4) is 0 Å². The first-order valence-electron chi connectivity index (χ1n) is 5.56. The number of hydrogen-bond donors (Lipinski definition) is 1. The van der Waals surface area contributed by atoms with Crippen molar-refractivity contribution in [2.45, 2.75) is 6.42 Å². The third-order valence-electron chi connectivity index (χ3n) is 2.47. The molecule has 0 bridgehead atoms. The van der Waals surface area contributed by atoms with Gasteiger partial charge in [0.25, 0.3) is 0 Å². The lowest BCUT2D eigenvalue weighted by Gasteiger charge is -2.17. The fourth-order valence-corrected chi connectivity index (χ4v) is 1.91. The number of likely N-dealkylation sites (N-methyl/N-ethyl adjacent to an activating group) is 1. The molecule has 0 aliphatic heterocycles. The monoisotopic (exact) mass is 307 g/mol. The van der Waals surface area contributed by atoms with Gasteiger partial charge in [0, 0.05) is 38.0 Å². The number of rotatable bonds is 4. The Hall–Kier alpha value is -1.69. The molecule has 6 heteroatoms. The molecule has 5 nitrogen and oxygen atoms in total. The molecule has 2 aromatic rings. The van der Waals surface area contributed by atoms with E-state index in [1.165, 1.54) is 0 Å². The summed E-state index contributed by atoms with van der Waals surface area (Å²) in [7, 11) is 1.93. The second-order valence-corrected chi connectivity index (χ2v) is 4.72. The maximum atomic E-state index is 5.68. The maximum absolute atomic E-state index is 5.68. The molecule has 2 heterocycles. The Morgan fingerprint density at radius 2 is 2.17 bits per heavy atom. The zero-order valence-corrected chi connectivity index (χ0v) is 11.6. The van der Waals surface area contributed by atoms with Crippen LogP contribution >= 0.6 is 15.9 Å². The van der Waals surface area contributed by atoms with Gasteiger partial charge in [-0.3, -0.25) is 4.98 Å². The standard InChI is InChI=1S/C12H14BrN5/c1-18(7-5-9-4-2-3-6-15-9)12-16-10(13)8-11(14)17-12/h2-4,6,8H,5,7H2,1H3,(H2,14,16,17). The van der Waals surface area contributed by atoms with Crippen LogP contribution in [-0.4, -0.2) is 28.5 Å². The van der Waals surface area contributed by atoms with Crippen molar-refractivity contribution in [3.05, 3.63) is 40.8 Å². The molecule has 0 fully saturated rings. The summed E-state index contributed by atoms with van der Waals surface area (Å²) in [6.07, 6.45) is 2.63. The fourth-order valence-electron chi connectivity index (χ4n) is 1.52. The molecule has 2 rings (SSSR count). The highest BCUT2D eigenvalue weighted by Gasteiger charge is 2.07. The molecule has 0 atom stereocenters. The van der Waals surface area contributed by atoms with Crippen molar-refractivity contribution in [3.63, 3.8) is 0 Å². The van der Waals surface area contributed by atoms with E-state index < -0.39 is 0 Å². The molecular formula is C12H14BrN5. The molecule has 94 valence electrons. The van der Waals surface area contributed by atoms with Gasteiger partial charge in [0.1, 0.15) is 10.4 Å². The third kappa shape index (κ3) is 3.40. The number of hydrogen-bond acceptors (Lipinski definition) is 5. The summed E-state index contributed by atoms with van der Waals surface area (Å²) in [5.74, 6) is 1.06. The average Bonchev–Trinajstić information content (AvgIpc) is 2.36. The van der Waals surface area contributed by atoms with Crippen LogP contribution in [-0.2, 0) is 6.42 Å². The Kier molecular flexibility index (Phi) is 4.09. The van der Waals surface area contributed by atoms with Crippen LogP contribution in [0.15, 0.2) is 35.1 Å². The molecule has 0 saturated carbocycles. The van der Waals surface area contributed by atoms with E-state index in [2.05, 4.69) is 30.9 Å². The molecule has 2 aromatic heterocycles. The highest BCUT2D eigenvalue weighted by atomic mass is 79.9. The van der Waals surface area contributed by atoms with Crippen molar-refractivity contribution < 1.29 is 0 Å². The van der Waals surface area contributed by atoms with Crippen molar-refractivity contribution >= 4 is 27.7 Å². The van der Waals surface area contributed by atoms with E-state index in [-0.39, 0.29) is 0 Å². The van der Waals surface area contributed by atoms with Crippen LogP contribution < -0.4 is 10.6 Å². The Morgan fingerprint density at radius 1 is 1.33 bits per heavy atom. The highest BCUT2D eigenvalue weighted by molar-refractivity contribution is 9.10. The fraction of sp³-hybridized carbons (Fsp3) is 0.250. The van der Waals surface area contributed by atoms with E-state index in [9.17, 15) is 0 Å². The second-order valence-electron chi connectivity index (χ2n) is 3.91. The number of nitrogen functional groups attached to an aromatic ring is 1. The number of halogens is 1. The molecule has 0 amide bonds. The maximum Gasteiger partial charge on any atom is 0.228 e. The Morgan fingerprint density at radius 3 is 2.83 bits per heavy atom. The Balaban J connectivity index is 2.01. The lowest BCUT2D eigenvalue weighted by atomic mass is 10.2. The third-order valence-corrected chi connectivity index (χ3v) is 2.88. The van der Waals surface area contributed by atoms with E-state index in [4.69, 9.17) is 5.73 Å². The predicted octanol–water partition coefficient (Wildman–Crippen LogP) is 1.90. The summed E-state index contributed by atoms with van der Waals surface area (Å²) < 4.78 is 0.690. The van der Waals surface area contributed by atoms with Crippen LogP contribution in [0.2, 0.25) is 0 Å². The van der Waals surface area contributed by atoms with Crippen LogP contribution in [0.4, 0.5) is 11.8 Å². The van der Waals surface area contributed by atoms with Crippen molar-refractivity contribution in [3.8, 4) is 0 Å². The minimum atomic E-state index is 0.455. The van der Waals surface area contributed by atoms with Gasteiger partial charge in [-0.15, -0.1) is 0 Å². The number of pyridine rings is 1. The topological polar surface area (TPSA) is 67.9 Å². The molecule has 0 saturated heterocycles. The van der Waals surface area contributed by atoms with Crippen LogP contribution in [0.5, 0.6) is 0 Å². The van der Waals surface area contributed by atoms with Gasteiger partial charge in [-0.1, -0.05) is 6.07 Å². The summed E-state index contributed by atoms with van der Waals surface area (Å²) in [4.78, 5) is 14.7. The SMILES string of the molecule is CN(CCc1ccccn1)c1nc(N)cc(Br)n1. The lowest BCUT2D eigenvalue weighted by molar-refractivity contribution is 0.820. The summed E-state index contributed by atoms with van der Waals surface area (Å²) in [5, 5.41) is 0. The summed E-state index contributed by atoms with van der Waals surface area (Å²) in [6, 6.07) is 7.57. The van der Waals surface area contributed by atoms with E-state index in [1.54, 1.807) is 12.3 Å². The van der Waals surface area contributed by atoms with Crippen molar-refractivity contribution in [1.82, 2.24) is 15.0 Å². The first kappa shape index (κ1) is 12.8. The number of nitrogens with zero attached hydrogens (tertiary/aromatic N) is 4. The summed E-state index contributed by atoms with van der Waals surface area (Å²) in [5.41, 5.74) is 6.73. The van der Waals surface area contributed by atoms with Gasteiger partial charge in [0.15, 0.2) is 0 Å². The van der Waals surface area contributed by atoms with Gasteiger partial charge in [0.05, 0.1) is 0 Å². The van der Waals surface area contributed by atoms with E-state index in [1.807, 2.05) is 30.1 Å². The normalized spacial score (nSPS) is 10.3. The van der Waals surface area contributed by atoms with E-state index in [0.29, 0.717) is 16.4 Å². The van der Waals surface area contributed by atoms with Crippen LogP contribution in [0.1, 0.15) is 5.69 Å². The molecule has 0 aliphatic carbocycles. The Labute approximate surface area is 114 Å². The second kappa shape index (κ2) is 5.77. The van der Waals surface area contributed by atoms with Crippen LogP contribution in [0.25, 0.3) is 0 Å². The lowest BCUT2D eigenvalue weighted by Crippen LogP contribution is -2.23. The largest absolute Gasteiger partial charge is 0.383 e. The number of aromatic nitrogens is 3. The first-order chi connectivity index (χ1) is 8.65. The van der Waals surface area contributed by atoms with Gasteiger partial charge in [0.2, 0.25) is 5.95 Å². The molecule has 0 radical (unpaired) electrons. The molecule has 0 aromatic carbocycles. The van der Waals surface area contributed by atoms with Crippen molar-refractivity contribution in [2.75, 3.05) is 24.2 Å². The molecule has 0 aliphatic rings. The quantitative estimate of drug-likeness (QED) is 0.874.